The lowest BCUT2D eigenvalue weighted by Gasteiger charge is -2.19. The minimum absolute atomic E-state index is 0.0601. The van der Waals surface area contributed by atoms with Crippen LogP contribution in [0, 0.1) is 12.8 Å². The van der Waals surface area contributed by atoms with Gasteiger partial charge < -0.3 is 15.0 Å². The second kappa shape index (κ2) is 8.56. The van der Waals surface area contributed by atoms with Crippen molar-refractivity contribution in [3.05, 3.63) is 60.2 Å². The van der Waals surface area contributed by atoms with Crippen LogP contribution in [0.4, 0.5) is 5.69 Å². The Hall–Kier alpha value is -2.49. The molecule has 0 spiro atoms. The second-order valence-electron chi connectivity index (χ2n) is 6.66. The van der Waals surface area contributed by atoms with E-state index in [1.165, 1.54) is 11.3 Å². The van der Waals surface area contributed by atoms with Crippen LogP contribution in [0.1, 0.15) is 18.4 Å². The number of nitrogens with one attached hydrogen (secondary N) is 1. The molecular formula is C21H26N2O2. The maximum Gasteiger partial charge on any atom is 0.223 e. The van der Waals surface area contributed by atoms with Crippen LogP contribution in [-0.4, -0.2) is 32.1 Å². The Morgan fingerprint density at radius 3 is 2.84 bits per heavy atom. The van der Waals surface area contributed by atoms with E-state index < -0.39 is 0 Å². The van der Waals surface area contributed by atoms with Crippen LogP contribution in [0.15, 0.2) is 54.6 Å². The average Bonchev–Trinajstić information content (AvgIpc) is 3.10. The van der Waals surface area contributed by atoms with Gasteiger partial charge in [0.1, 0.15) is 5.75 Å². The Kier molecular flexibility index (Phi) is 5.94. The van der Waals surface area contributed by atoms with E-state index in [0.29, 0.717) is 18.9 Å². The predicted octanol–water partition coefficient (Wildman–Crippen LogP) is 3.41. The number of hydrogen-bond donors (Lipinski definition) is 1. The molecule has 2 aromatic carbocycles. The summed E-state index contributed by atoms with van der Waals surface area (Å²) in [5.41, 5.74) is 2.57. The molecule has 1 atom stereocenters. The Morgan fingerprint density at radius 1 is 1.20 bits per heavy atom. The van der Waals surface area contributed by atoms with Gasteiger partial charge in [-0.2, -0.15) is 0 Å². The van der Waals surface area contributed by atoms with Crippen molar-refractivity contribution < 1.29 is 9.53 Å². The molecule has 1 fully saturated rings. The Balaban J connectivity index is 1.35. The van der Waals surface area contributed by atoms with Crippen molar-refractivity contribution in [3.63, 3.8) is 0 Å². The van der Waals surface area contributed by atoms with E-state index in [2.05, 4.69) is 41.4 Å². The van der Waals surface area contributed by atoms with Crippen molar-refractivity contribution in [2.45, 2.75) is 19.8 Å². The number of carbonyl (C=O) groups is 1. The third-order valence-corrected chi connectivity index (χ3v) is 4.58. The molecule has 3 rings (SSSR count). The first kappa shape index (κ1) is 17.3. The molecule has 0 aliphatic carbocycles. The van der Waals surface area contributed by atoms with Crippen LogP contribution in [0.2, 0.25) is 0 Å². The van der Waals surface area contributed by atoms with Gasteiger partial charge in [-0.05, 0) is 49.1 Å². The van der Waals surface area contributed by atoms with E-state index in [4.69, 9.17) is 4.74 Å². The summed E-state index contributed by atoms with van der Waals surface area (Å²) >= 11 is 0. The topological polar surface area (TPSA) is 41.6 Å². The van der Waals surface area contributed by atoms with Gasteiger partial charge in [-0.15, -0.1) is 0 Å². The van der Waals surface area contributed by atoms with Crippen LogP contribution in [0.5, 0.6) is 5.75 Å². The molecule has 1 unspecified atom stereocenters. The lowest BCUT2D eigenvalue weighted by Crippen LogP contribution is -2.31. The van der Waals surface area contributed by atoms with Gasteiger partial charge in [-0.3, -0.25) is 4.79 Å². The summed E-state index contributed by atoms with van der Waals surface area (Å²) < 4.78 is 5.57. The molecule has 25 heavy (non-hydrogen) atoms. The Bertz CT molecular complexity index is 687. The van der Waals surface area contributed by atoms with Crippen LogP contribution in [0.3, 0.4) is 0 Å². The number of benzene rings is 2. The zero-order valence-electron chi connectivity index (χ0n) is 14.8. The number of para-hydroxylation sites is 1. The van der Waals surface area contributed by atoms with Crippen molar-refractivity contribution in [2.24, 2.45) is 5.92 Å². The molecule has 0 saturated carbocycles. The lowest BCUT2D eigenvalue weighted by atomic mass is 10.1. The van der Waals surface area contributed by atoms with Crippen molar-refractivity contribution in [2.75, 3.05) is 31.1 Å². The largest absolute Gasteiger partial charge is 0.493 e. The summed E-state index contributed by atoms with van der Waals surface area (Å²) in [6.45, 7) is 5.34. The number of hydrogen-bond acceptors (Lipinski definition) is 3. The van der Waals surface area contributed by atoms with Crippen molar-refractivity contribution >= 4 is 11.6 Å². The highest BCUT2D eigenvalue weighted by Gasteiger charge is 2.23. The van der Waals surface area contributed by atoms with E-state index in [0.717, 1.165) is 31.8 Å². The van der Waals surface area contributed by atoms with E-state index in [1.54, 1.807) is 0 Å². The standard InChI is InChI=1S/C21H26N2O2/c1-17-6-5-7-19(14-17)23-12-10-18(16-23)15-22-21(24)11-13-25-20-8-3-2-4-9-20/h2-9,14,18H,10-13,15-16H2,1H3,(H,22,24). The maximum atomic E-state index is 12.0. The molecule has 1 N–H and O–H groups in total. The van der Waals surface area contributed by atoms with E-state index in [1.807, 2.05) is 30.3 Å². The molecule has 2 aromatic rings. The molecule has 1 aliphatic heterocycles. The maximum absolute atomic E-state index is 12.0. The molecule has 4 nitrogen and oxygen atoms in total. The van der Waals surface area contributed by atoms with Crippen LogP contribution < -0.4 is 15.0 Å². The molecule has 1 aliphatic rings. The van der Waals surface area contributed by atoms with Gasteiger partial charge >= 0.3 is 0 Å². The molecule has 1 amide bonds. The highest BCUT2D eigenvalue weighted by molar-refractivity contribution is 5.76. The van der Waals surface area contributed by atoms with Crippen molar-refractivity contribution in [1.82, 2.24) is 5.32 Å². The Labute approximate surface area is 149 Å². The highest BCUT2D eigenvalue weighted by Crippen LogP contribution is 2.24. The molecule has 4 heteroatoms. The molecule has 132 valence electrons. The summed E-state index contributed by atoms with van der Waals surface area (Å²) in [4.78, 5) is 14.4. The quantitative estimate of drug-likeness (QED) is 0.841. The Morgan fingerprint density at radius 2 is 2.04 bits per heavy atom. The van der Waals surface area contributed by atoms with E-state index >= 15 is 0 Å². The van der Waals surface area contributed by atoms with Gasteiger partial charge in [-0.1, -0.05) is 30.3 Å². The van der Waals surface area contributed by atoms with Gasteiger partial charge in [0.15, 0.2) is 0 Å². The minimum atomic E-state index is 0.0601. The molecule has 0 radical (unpaired) electrons. The predicted molar refractivity (Wildman–Crippen MR) is 101 cm³/mol. The summed E-state index contributed by atoms with van der Waals surface area (Å²) in [6, 6.07) is 18.2. The second-order valence-corrected chi connectivity index (χ2v) is 6.66. The first-order valence-corrected chi connectivity index (χ1v) is 8.97. The fourth-order valence-electron chi connectivity index (χ4n) is 3.18. The molecule has 1 saturated heterocycles. The van der Waals surface area contributed by atoms with Crippen molar-refractivity contribution in [1.29, 1.82) is 0 Å². The summed E-state index contributed by atoms with van der Waals surface area (Å²) in [5.74, 6) is 1.38. The fourth-order valence-corrected chi connectivity index (χ4v) is 3.18. The normalized spacial score (nSPS) is 16.7. The number of nitrogens with zero attached hydrogens (tertiary/aromatic N) is 1. The molecular weight excluding hydrogens is 312 g/mol. The number of rotatable bonds is 7. The molecule has 1 heterocycles. The first-order chi connectivity index (χ1) is 12.2. The minimum Gasteiger partial charge on any atom is -0.493 e. The van der Waals surface area contributed by atoms with Gasteiger partial charge in [0.2, 0.25) is 5.91 Å². The lowest BCUT2D eigenvalue weighted by molar-refractivity contribution is -0.121. The van der Waals surface area contributed by atoms with Crippen LogP contribution in [0.25, 0.3) is 0 Å². The van der Waals surface area contributed by atoms with Gasteiger partial charge in [0.25, 0.3) is 0 Å². The zero-order valence-corrected chi connectivity index (χ0v) is 14.8. The smallest absolute Gasteiger partial charge is 0.223 e. The number of amides is 1. The summed E-state index contributed by atoms with van der Waals surface area (Å²) in [5, 5.41) is 3.05. The molecule has 0 aromatic heterocycles. The molecule has 0 bridgehead atoms. The van der Waals surface area contributed by atoms with Gasteiger partial charge in [0, 0.05) is 25.3 Å². The van der Waals surface area contributed by atoms with E-state index in [9.17, 15) is 4.79 Å². The van der Waals surface area contributed by atoms with Crippen LogP contribution >= 0.6 is 0 Å². The monoisotopic (exact) mass is 338 g/mol. The van der Waals surface area contributed by atoms with E-state index in [-0.39, 0.29) is 5.91 Å². The highest BCUT2D eigenvalue weighted by atomic mass is 16.5. The summed E-state index contributed by atoms with van der Waals surface area (Å²) in [6.07, 6.45) is 1.51. The first-order valence-electron chi connectivity index (χ1n) is 8.97. The average molecular weight is 338 g/mol. The third kappa shape index (κ3) is 5.24. The number of anilines is 1. The third-order valence-electron chi connectivity index (χ3n) is 4.58. The number of aryl methyl sites for hydroxylation is 1. The van der Waals surface area contributed by atoms with Crippen LogP contribution in [-0.2, 0) is 4.79 Å². The number of carbonyl (C=O) groups excluding carboxylic acids is 1. The van der Waals surface area contributed by atoms with Gasteiger partial charge in [-0.25, -0.2) is 0 Å². The van der Waals surface area contributed by atoms with Gasteiger partial charge in [0.05, 0.1) is 13.0 Å². The SMILES string of the molecule is Cc1cccc(N2CCC(CNC(=O)CCOc3ccccc3)C2)c1. The zero-order chi connectivity index (χ0) is 17.5. The number of ether oxygens (including phenoxy) is 1. The fraction of sp³-hybridized carbons (Fsp3) is 0.381. The van der Waals surface area contributed by atoms with Crippen molar-refractivity contribution in [3.8, 4) is 5.75 Å². The summed E-state index contributed by atoms with van der Waals surface area (Å²) in [7, 11) is 0.